The average Bonchev–Trinajstić information content (AvgIpc) is 2.42. The summed E-state index contributed by atoms with van der Waals surface area (Å²) in [6.07, 6.45) is 1.46. The summed E-state index contributed by atoms with van der Waals surface area (Å²) >= 11 is 0. The number of rotatable bonds is 3. The van der Waals surface area contributed by atoms with Gasteiger partial charge >= 0.3 is 0 Å². The molecule has 0 aliphatic carbocycles. The van der Waals surface area contributed by atoms with Gasteiger partial charge in [0.2, 0.25) is 6.08 Å². The molecule has 2 rings (SSSR count). The molecule has 0 heterocycles. The summed E-state index contributed by atoms with van der Waals surface area (Å²) < 4.78 is 0. The molecule has 0 unspecified atom stereocenters. The van der Waals surface area contributed by atoms with Crippen molar-refractivity contribution in [3.63, 3.8) is 0 Å². The minimum absolute atomic E-state index is 0.178. The lowest BCUT2D eigenvalue weighted by Crippen LogP contribution is -2.11. The fraction of sp³-hybridized carbons (Fsp3) is 0. The number of hydrogen-bond donors (Lipinski definition) is 1. The van der Waals surface area contributed by atoms with Crippen LogP contribution < -0.4 is 5.32 Å². The zero-order chi connectivity index (χ0) is 12.8. The van der Waals surface area contributed by atoms with Gasteiger partial charge in [0.25, 0.3) is 5.91 Å². The molecule has 88 valence electrons. The molecule has 0 bridgehead atoms. The lowest BCUT2D eigenvalue weighted by atomic mass is 10.2. The molecule has 4 heteroatoms. The summed E-state index contributed by atoms with van der Waals surface area (Å²) in [6.45, 7) is 0. The second-order valence-electron chi connectivity index (χ2n) is 3.57. The van der Waals surface area contributed by atoms with Crippen LogP contribution in [0.3, 0.4) is 0 Å². The highest BCUT2D eigenvalue weighted by molar-refractivity contribution is 6.04. The van der Waals surface area contributed by atoms with E-state index in [1.54, 1.807) is 48.5 Å². The lowest BCUT2D eigenvalue weighted by molar-refractivity contribution is 0.102. The number of nitrogens with zero attached hydrogens (tertiary/aromatic N) is 1. The summed E-state index contributed by atoms with van der Waals surface area (Å²) in [5.74, 6) is -0.178. The standard InChI is InChI=1S/C14H10N2O2/c17-10-15-12-6-8-13(9-7-12)16-14(18)11-4-2-1-3-5-11/h1-9H,(H,16,18). The molecule has 4 nitrogen and oxygen atoms in total. The Morgan fingerprint density at radius 3 is 2.28 bits per heavy atom. The summed E-state index contributed by atoms with van der Waals surface area (Å²) in [4.78, 5) is 25.4. The number of carbonyl (C=O) groups excluding carboxylic acids is 2. The third-order valence-electron chi connectivity index (χ3n) is 2.34. The Bertz CT molecular complexity index is 585. The highest BCUT2D eigenvalue weighted by Crippen LogP contribution is 2.16. The van der Waals surface area contributed by atoms with E-state index in [1.807, 2.05) is 6.07 Å². The van der Waals surface area contributed by atoms with E-state index >= 15 is 0 Å². The molecule has 0 saturated heterocycles. The normalized spacial score (nSPS) is 9.33. The minimum Gasteiger partial charge on any atom is -0.322 e. The molecule has 2 aromatic carbocycles. The molecule has 0 fully saturated rings. The molecule has 18 heavy (non-hydrogen) atoms. The predicted molar refractivity (Wildman–Crippen MR) is 68.6 cm³/mol. The van der Waals surface area contributed by atoms with Crippen LogP contribution in [0.25, 0.3) is 0 Å². The maximum atomic E-state index is 11.8. The van der Waals surface area contributed by atoms with Crippen molar-refractivity contribution >= 4 is 23.4 Å². The average molecular weight is 238 g/mol. The molecular formula is C14H10N2O2. The van der Waals surface area contributed by atoms with Crippen LogP contribution >= 0.6 is 0 Å². The van der Waals surface area contributed by atoms with Crippen molar-refractivity contribution in [3.05, 3.63) is 60.2 Å². The minimum atomic E-state index is -0.178. The maximum Gasteiger partial charge on any atom is 0.255 e. The van der Waals surface area contributed by atoms with Crippen molar-refractivity contribution < 1.29 is 9.59 Å². The van der Waals surface area contributed by atoms with Gasteiger partial charge in [0, 0.05) is 11.3 Å². The molecule has 0 atom stereocenters. The Balaban J connectivity index is 2.10. The van der Waals surface area contributed by atoms with Crippen LogP contribution in [0.15, 0.2) is 59.6 Å². The first-order chi connectivity index (χ1) is 8.79. The number of carbonyl (C=O) groups is 1. The Morgan fingerprint density at radius 2 is 1.67 bits per heavy atom. The topological polar surface area (TPSA) is 58.5 Å². The number of nitrogens with one attached hydrogen (secondary N) is 1. The van der Waals surface area contributed by atoms with Gasteiger partial charge in [-0.3, -0.25) is 4.79 Å². The van der Waals surface area contributed by atoms with Gasteiger partial charge in [-0.15, -0.1) is 0 Å². The largest absolute Gasteiger partial charge is 0.322 e. The summed E-state index contributed by atoms with van der Waals surface area (Å²) in [5, 5.41) is 2.75. The van der Waals surface area contributed by atoms with E-state index < -0.39 is 0 Å². The zero-order valence-corrected chi connectivity index (χ0v) is 9.46. The van der Waals surface area contributed by atoms with Gasteiger partial charge in [-0.05, 0) is 36.4 Å². The molecule has 0 aliphatic rings. The fourth-order valence-electron chi connectivity index (χ4n) is 1.46. The third-order valence-corrected chi connectivity index (χ3v) is 2.34. The fourth-order valence-corrected chi connectivity index (χ4v) is 1.46. The number of isocyanates is 1. The molecule has 1 N–H and O–H groups in total. The van der Waals surface area contributed by atoms with Gasteiger partial charge in [0.05, 0.1) is 5.69 Å². The van der Waals surface area contributed by atoms with Gasteiger partial charge in [0.1, 0.15) is 0 Å². The van der Waals surface area contributed by atoms with E-state index in [1.165, 1.54) is 6.08 Å². The Hall–Kier alpha value is -2.71. The van der Waals surface area contributed by atoms with E-state index in [9.17, 15) is 9.59 Å². The van der Waals surface area contributed by atoms with Gasteiger partial charge in [-0.25, -0.2) is 4.79 Å². The smallest absolute Gasteiger partial charge is 0.255 e. The first kappa shape index (κ1) is 11.8. The second kappa shape index (κ2) is 5.57. The van der Waals surface area contributed by atoms with E-state index in [2.05, 4.69) is 10.3 Å². The molecule has 2 aromatic rings. The third kappa shape index (κ3) is 2.90. The van der Waals surface area contributed by atoms with Gasteiger partial charge in [-0.1, -0.05) is 18.2 Å². The molecule has 0 saturated carbocycles. The first-order valence-electron chi connectivity index (χ1n) is 5.34. The molecule has 0 radical (unpaired) electrons. The van der Waals surface area contributed by atoms with E-state index in [0.717, 1.165) is 0 Å². The van der Waals surface area contributed by atoms with Crippen molar-refractivity contribution in [2.75, 3.05) is 5.32 Å². The van der Waals surface area contributed by atoms with Crippen molar-refractivity contribution in [1.29, 1.82) is 0 Å². The summed E-state index contributed by atoms with van der Waals surface area (Å²) in [5.41, 5.74) is 1.74. The monoisotopic (exact) mass is 238 g/mol. The summed E-state index contributed by atoms with van der Waals surface area (Å²) in [6, 6.07) is 15.5. The van der Waals surface area contributed by atoms with Gasteiger partial charge in [0.15, 0.2) is 0 Å². The Morgan fingerprint density at radius 1 is 1.00 bits per heavy atom. The van der Waals surface area contributed by atoms with E-state index in [0.29, 0.717) is 16.9 Å². The second-order valence-corrected chi connectivity index (χ2v) is 3.57. The number of anilines is 1. The zero-order valence-electron chi connectivity index (χ0n) is 9.46. The maximum absolute atomic E-state index is 11.8. The quantitative estimate of drug-likeness (QED) is 0.660. The van der Waals surface area contributed by atoms with Crippen LogP contribution in [0.4, 0.5) is 11.4 Å². The van der Waals surface area contributed by atoms with Gasteiger partial charge in [-0.2, -0.15) is 4.99 Å². The number of aliphatic imine (C=N–C) groups is 1. The number of benzene rings is 2. The molecule has 0 aromatic heterocycles. The Labute approximate surface area is 104 Å². The highest BCUT2D eigenvalue weighted by Gasteiger charge is 2.04. The van der Waals surface area contributed by atoms with Crippen molar-refractivity contribution in [2.45, 2.75) is 0 Å². The number of amides is 1. The summed E-state index contributed by atoms with van der Waals surface area (Å²) in [7, 11) is 0. The highest BCUT2D eigenvalue weighted by atomic mass is 16.1. The van der Waals surface area contributed by atoms with E-state index in [-0.39, 0.29) is 5.91 Å². The van der Waals surface area contributed by atoms with E-state index in [4.69, 9.17) is 0 Å². The lowest BCUT2D eigenvalue weighted by Gasteiger charge is -2.04. The number of hydrogen-bond acceptors (Lipinski definition) is 3. The van der Waals surface area contributed by atoms with Crippen LogP contribution in [-0.4, -0.2) is 12.0 Å². The van der Waals surface area contributed by atoms with Crippen molar-refractivity contribution in [2.24, 2.45) is 4.99 Å². The van der Waals surface area contributed by atoms with Crippen LogP contribution in [0.1, 0.15) is 10.4 Å². The molecule has 0 spiro atoms. The van der Waals surface area contributed by atoms with Crippen LogP contribution in [0, 0.1) is 0 Å². The van der Waals surface area contributed by atoms with Gasteiger partial charge < -0.3 is 5.32 Å². The molecule has 1 amide bonds. The molecule has 0 aliphatic heterocycles. The SMILES string of the molecule is O=C=Nc1ccc(NC(=O)c2ccccc2)cc1. The van der Waals surface area contributed by atoms with Crippen LogP contribution in [0.2, 0.25) is 0 Å². The first-order valence-corrected chi connectivity index (χ1v) is 5.34. The van der Waals surface area contributed by atoms with Crippen LogP contribution in [-0.2, 0) is 4.79 Å². The molecular weight excluding hydrogens is 228 g/mol. The predicted octanol–water partition coefficient (Wildman–Crippen LogP) is 2.91. The van der Waals surface area contributed by atoms with Crippen molar-refractivity contribution in [3.8, 4) is 0 Å². The van der Waals surface area contributed by atoms with Crippen LogP contribution in [0.5, 0.6) is 0 Å². The Kier molecular flexibility index (Phi) is 3.64. The van der Waals surface area contributed by atoms with Crippen molar-refractivity contribution in [1.82, 2.24) is 0 Å².